The molecule has 2 aromatic heterocycles. The Morgan fingerprint density at radius 1 is 1.27 bits per heavy atom. The molecule has 0 radical (unpaired) electrons. The number of carbonyl (C=O) groups excluding carboxylic acids is 2. The summed E-state index contributed by atoms with van der Waals surface area (Å²) in [6.07, 6.45) is 1.27. The molecule has 9 heteroatoms. The third kappa shape index (κ3) is 4.35. The minimum absolute atomic E-state index is 0.141. The van der Waals surface area contributed by atoms with E-state index in [1.165, 1.54) is 11.3 Å². The molecule has 3 heterocycles. The van der Waals surface area contributed by atoms with Crippen molar-refractivity contribution >= 4 is 23.2 Å². The van der Waals surface area contributed by atoms with Gasteiger partial charge in [0.05, 0.1) is 12.8 Å². The average Bonchev–Trinajstić information content (AvgIpc) is 3.33. The number of hydrogen-bond acceptors (Lipinski definition) is 7. The molecule has 1 aromatic carbocycles. The summed E-state index contributed by atoms with van der Waals surface area (Å²) in [7, 11) is 1.61. The lowest BCUT2D eigenvalue weighted by atomic mass is 10.2. The second-order valence-corrected chi connectivity index (χ2v) is 8.12. The first kappa shape index (κ1) is 20.1. The maximum absolute atomic E-state index is 12.6. The Morgan fingerprint density at radius 3 is 2.87 bits per heavy atom. The molecule has 0 spiro atoms. The van der Waals surface area contributed by atoms with E-state index >= 15 is 0 Å². The molecule has 30 heavy (non-hydrogen) atoms. The predicted octanol–water partition coefficient (Wildman–Crippen LogP) is 2.62. The molecule has 0 fully saturated rings. The number of aromatic nitrogens is 2. The average molecular weight is 426 g/mol. The number of thiazole rings is 1. The van der Waals surface area contributed by atoms with Gasteiger partial charge >= 0.3 is 0 Å². The van der Waals surface area contributed by atoms with E-state index in [0.29, 0.717) is 48.9 Å². The van der Waals surface area contributed by atoms with Gasteiger partial charge in [0.2, 0.25) is 0 Å². The summed E-state index contributed by atoms with van der Waals surface area (Å²) < 4.78 is 10.2. The smallest absolute Gasteiger partial charge is 0.280 e. The largest absolute Gasteiger partial charge is 0.497 e. The summed E-state index contributed by atoms with van der Waals surface area (Å²) in [5.41, 5.74) is 2.17. The molecule has 156 valence electrons. The number of carbonyl (C=O) groups is 2. The summed E-state index contributed by atoms with van der Waals surface area (Å²) in [5, 5.41) is 7.18. The zero-order valence-corrected chi connectivity index (χ0v) is 17.6. The number of nitrogens with one attached hydrogen (secondary N) is 1. The third-order valence-electron chi connectivity index (χ3n) is 4.92. The Labute approximate surface area is 177 Å². The molecular weight excluding hydrogens is 404 g/mol. The van der Waals surface area contributed by atoms with E-state index in [0.717, 1.165) is 21.9 Å². The summed E-state index contributed by atoms with van der Waals surface area (Å²) in [6, 6.07) is 9.22. The van der Waals surface area contributed by atoms with Crippen molar-refractivity contribution in [2.75, 3.05) is 20.2 Å². The first-order chi connectivity index (χ1) is 14.5. The molecule has 8 nitrogen and oxygen atoms in total. The van der Waals surface area contributed by atoms with Crippen LogP contribution in [-0.2, 0) is 19.4 Å². The van der Waals surface area contributed by atoms with Crippen LogP contribution in [0.25, 0.3) is 0 Å². The highest BCUT2D eigenvalue weighted by molar-refractivity contribution is 7.13. The second kappa shape index (κ2) is 8.66. The fourth-order valence-electron chi connectivity index (χ4n) is 3.33. The Bertz CT molecular complexity index is 1050. The molecule has 2 amide bonds. The highest BCUT2D eigenvalue weighted by Gasteiger charge is 2.25. The van der Waals surface area contributed by atoms with E-state index < -0.39 is 0 Å². The van der Waals surface area contributed by atoms with Crippen molar-refractivity contribution in [1.29, 1.82) is 0 Å². The van der Waals surface area contributed by atoms with Gasteiger partial charge in [0.15, 0.2) is 10.7 Å². The van der Waals surface area contributed by atoms with Crippen LogP contribution in [0.1, 0.15) is 42.2 Å². The molecule has 1 aliphatic rings. The number of methoxy groups -OCH3 is 1. The minimum atomic E-state index is -0.193. The van der Waals surface area contributed by atoms with Crippen LogP contribution < -0.4 is 10.1 Å². The van der Waals surface area contributed by atoms with E-state index in [-0.39, 0.29) is 11.8 Å². The first-order valence-corrected chi connectivity index (χ1v) is 10.5. The molecule has 0 unspecified atom stereocenters. The van der Waals surface area contributed by atoms with Gasteiger partial charge in [-0.2, -0.15) is 0 Å². The first-order valence-electron chi connectivity index (χ1n) is 9.66. The van der Waals surface area contributed by atoms with Crippen LogP contribution in [0.2, 0.25) is 0 Å². The van der Waals surface area contributed by atoms with Gasteiger partial charge in [-0.15, -0.1) is 11.3 Å². The van der Waals surface area contributed by atoms with Gasteiger partial charge in [-0.25, -0.2) is 4.98 Å². The standard InChI is InChI=1S/C21H22N4O4S/c1-13-10-17(24-29-13)21(27)25-8-6-16-18(7-9-25)30-20(23-16)19(26)22-12-14-4-3-5-15(11-14)28-2/h3-5,10-11H,6-9,12H2,1-2H3,(H,22,26). The molecule has 3 aromatic rings. The van der Waals surface area contributed by atoms with E-state index in [2.05, 4.69) is 15.5 Å². The molecule has 1 aliphatic heterocycles. The third-order valence-corrected chi connectivity index (χ3v) is 6.08. The quantitative estimate of drug-likeness (QED) is 0.674. The molecular formula is C21H22N4O4S. The summed E-state index contributed by atoms with van der Waals surface area (Å²) in [4.78, 5) is 32.5. The van der Waals surface area contributed by atoms with Gasteiger partial charge in [-0.3, -0.25) is 9.59 Å². The highest BCUT2D eigenvalue weighted by Crippen LogP contribution is 2.24. The van der Waals surface area contributed by atoms with Gasteiger partial charge in [0, 0.05) is 43.4 Å². The number of benzene rings is 1. The summed E-state index contributed by atoms with van der Waals surface area (Å²) in [5.74, 6) is 1.03. The van der Waals surface area contributed by atoms with Crippen LogP contribution in [0.5, 0.6) is 5.75 Å². The van der Waals surface area contributed by atoms with Crippen LogP contribution in [0.3, 0.4) is 0 Å². The molecule has 0 atom stereocenters. The molecule has 4 rings (SSSR count). The zero-order valence-electron chi connectivity index (χ0n) is 16.8. The number of aryl methyl sites for hydroxylation is 1. The van der Waals surface area contributed by atoms with Gasteiger partial charge in [0.1, 0.15) is 11.5 Å². The van der Waals surface area contributed by atoms with Crippen molar-refractivity contribution < 1.29 is 18.8 Å². The Balaban J connectivity index is 1.37. The lowest BCUT2D eigenvalue weighted by Gasteiger charge is -2.18. The molecule has 0 saturated carbocycles. The molecule has 0 bridgehead atoms. The maximum Gasteiger partial charge on any atom is 0.280 e. The number of nitrogens with zero attached hydrogens (tertiary/aromatic N) is 3. The molecule has 1 N–H and O–H groups in total. The van der Waals surface area contributed by atoms with Crippen LogP contribution in [0, 0.1) is 6.92 Å². The van der Waals surface area contributed by atoms with Crippen LogP contribution in [0.15, 0.2) is 34.9 Å². The monoisotopic (exact) mass is 426 g/mol. The Hall–Kier alpha value is -3.20. The van der Waals surface area contributed by atoms with Crippen molar-refractivity contribution in [3.8, 4) is 5.75 Å². The van der Waals surface area contributed by atoms with Crippen LogP contribution in [0.4, 0.5) is 0 Å². The minimum Gasteiger partial charge on any atom is -0.497 e. The van der Waals surface area contributed by atoms with Gasteiger partial charge in [-0.05, 0) is 24.6 Å². The van der Waals surface area contributed by atoms with Crippen molar-refractivity contribution in [2.24, 2.45) is 0 Å². The van der Waals surface area contributed by atoms with E-state index in [1.54, 1.807) is 25.0 Å². The number of rotatable bonds is 5. The summed E-state index contributed by atoms with van der Waals surface area (Å²) >= 11 is 1.39. The second-order valence-electron chi connectivity index (χ2n) is 7.04. The van der Waals surface area contributed by atoms with Crippen LogP contribution >= 0.6 is 11.3 Å². The van der Waals surface area contributed by atoms with Crippen molar-refractivity contribution in [3.63, 3.8) is 0 Å². The maximum atomic E-state index is 12.6. The SMILES string of the molecule is COc1cccc(CNC(=O)c2nc3c(s2)CCN(C(=O)c2cc(C)on2)CC3)c1. The number of amides is 2. The molecule has 0 saturated heterocycles. The molecule has 0 aliphatic carbocycles. The topological polar surface area (TPSA) is 97.6 Å². The zero-order chi connectivity index (χ0) is 21.1. The lowest BCUT2D eigenvalue weighted by Crippen LogP contribution is -2.33. The van der Waals surface area contributed by atoms with Gasteiger partial charge < -0.3 is 19.5 Å². The predicted molar refractivity (Wildman–Crippen MR) is 111 cm³/mol. The van der Waals surface area contributed by atoms with Crippen molar-refractivity contribution in [2.45, 2.75) is 26.3 Å². The lowest BCUT2D eigenvalue weighted by molar-refractivity contribution is 0.0752. The van der Waals surface area contributed by atoms with E-state index in [9.17, 15) is 9.59 Å². The Kier molecular flexibility index (Phi) is 5.80. The van der Waals surface area contributed by atoms with Crippen molar-refractivity contribution in [3.05, 3.63) is 62.9 Å². The normalized spacial score (nSPS) is 13.5. The number of ether oxygens (including phenoxy) is 1. The Morgan fingerprint density at radius 2 is 2.10 bits per heavy atom. The fourth-order valence-corrected chi connectivity index (χ4v) is 4.35. The van der Waals surface area contributed by atoms with E-state index in [1.807, 2.05) is 24.3 Å². The summed E-state index contributed by atoms with van der Waals surface area (Å²) in [6.45, 7) is 3.26. The van der Waals surface area contributed by atoms with Gasteiger partial charge in [0.25, 0.3) is 11.8 Å². The van der Waals surface area contributed by atoms with E-state index in [4.69, 9.17) is 9.26 Å². The van der Waals surface area contributed by atoms with Crippen molar-refractivity contribution in [1.82, 2.24) is 20.4 Å². The fraction of sp³-hybridized carbons (Fsp3) is 0.333. The van der Waals surface area contributed by atoms with Gasteiger partial charge in [-0.1, -0.05) is 17.3 Å². The highest BCUT2D eigenvalue weighted by atomic mass is 32.1. The number of fused-ring (bicyclic) bond motifs is 1. The van der Waals surface area contributed by atoms with Crippen LogP contribution in [-0.4, -0.2) is 47.1 Å². The number of hydrogen-bond donors (Lipinski definition) is 1.